The Labute approximate surface area is 164 Å². The summed E-state index contributed by atoms with van der Waals surface area (Å²) in [5, 5.41) is 6.08. The number of fused-ring (bicyclic) bond motifs is 1. The lowest BCUT2D eigenvalue weighted by atomic mass is 9.84. The molecule has 1 atom stereocenters. The first kappa shape index (κ1) is 18.3. The summed E-state index contributed by atoms with van der Waals surface area (Å²) in [5.74, 6) is -2.39. The van der Waals surface area contributed by atoms with Gasteiger partial charge >= 0.3 is 0 Å². The zero-order chi connectivity index (χ0) is 19.8. The van der Waals surface area contributed by atoms with Gasteiger partial charge in [0.05, 0.1) is 9.88 Å². The fourth-order valence-electron chi connectivity index (χ4n) is 3.48. The van der Waals surface area contributed by atoms with E-state index in [1.165, 1.54) is 0 Å². The fourth-order valence-corrected chi connectivity index (χ4v) is 4.66. The van der Waals surface area contributed by atoms with Crippen LogP contribution in [0.15, 0.2) is 48.5 Å². The van der Waals surface area contributed by atoms with E-state index in [4.69, 9.17) is 0 Å². The Bertz CT molecular complexity index is 1080. The average molecular weight is 398 g/mol. The van der Waals surface area contributed by atoms with E-state index in [2.05, 4.69) is 10.6 Å². The lowest BCUT2D eigenvalue weighted by Gasteiger charge is -2.24. The number of amides is 2. The fraction of sp³-hybridized carbons (Fsp3) is 0.143. The number of carbonyl (C=O) groups is 2. The van der Waals surface area contributed by atoms with Gasteiger partial charge in [-0.2, -0.15) is 0 Å². The van der Waals surface area contributed by atoms with Gasteiger partial charge in [0.2, 0.25) is 5.91 Å². The Hall–Kier alpha value is -3.06. The molecule has 4 rings (SSSR count). The molecule has 1 aliphatic rings. The number of hydrogen-bond donors (Lipinski definition) is 2. The van der Waals surface area contributed by atoms with Crippen LogP contribution in [0.3, 0.4) is 0 Å². The van der Waals surface area contributed by atoms with E-state index >= 15 is 0 Å². The minimum absolute atomic E-state index is 0.00924. The number of benzene rings is 2. The van der Waals surface area contributed by atoms with Crippen LogP contribution in [0.2, 0.25) is 0 Å². The maximum absolute atomic E-state index is 14.4. The van der Waals surface area contributed by atoms with E-state index in [0.717, 1.165) is 29.5 Å². The van der Waals surface area contributed by atoms with E-state index in [-0.39, 0.29) is 23.8 Å². The largest absolute Gasteiger partial charge is 0.321 e. The van der Waals surface area contributed by atoms with Gasteiger partial charge in [0, 0.05) is 18.0 Å². The zero-order valence-electron chi connectivity index (χ0n) is 14.9. The predicted octanol–water partition coefficient (Wildman–Crippen LogP) is 5.06. The summed E-state index contributed by atoms with van der Waals surface area (Å²) in [4.78, 5) is 25.3. The molecule has 0 fully saturated rings. The van der Waals surface area contributed by atoms with Crippen LogP contribution in [0.5, 0.6) is 0 Å². The molecule has 1 aromatic heterocycles. The molecule has 28 heavy (non-hydrogen) atoms. The van der Waals surface area contributed by atoms with Crippen molar-refractivity contribution < 1.29 is 18.4 Å². The molecule has 2 aromatic carbocycles. The molecule has 1 aliphatic heterocycles. The topological polar surface area (TPSA) is 58.2 Å². The highest BCUT2D eigenvalue weighted by Crippen LogP contribution is 2.45. The van der Waals surface area contributed by atoms with E-state index in [1.807, 2.05) is 18.2 Å². The maximum atomic E-state index is 14.4. The van der Waals surface area contributed by atoms with Crippen molar-refractivity contribution in [3.8, 4) is 0 Å². The van der Waals surface area contributed by atoms with Crippen molar-refractivity contribution in [2.24, 2.45) is 0 Å². The number of carbonyl (C=O) groups excluding carboxylic acids is 2. The van der Waals surface area contributed by atoms with E-state index < -0.39 is 17.6 Å². The van der Waals surface area contributed by atoms with Gasteiger partial charge in [-0.1, -0.05) is 18.2 Å². The van der Waals surface area contributed by atoms with Crippen molar-refractivity contribution in [2.75, 3.05) is 10.6 Å². The first-order valence-electron chi connectivity index (χ1n) is 8.68. The maximum Gasteiger partial charge on any atom is 0.266 e. The van der Waals surface area contributed by atoms with Crippen LogP contribution in [0.4, 0.5) is 19.5 Å². The van der Waals surface area contributed by atoms with Crippen LogP contribution in [-0.4, -0.2) is 11.8 Å². The minimum atomic E-state index is -0.644. The number of thiophene rings is 1. The summed E-state index contributed by atoms with van der Waals surface area (Å²) < 4.78 is 28.1. The highest BCUT2D eigenvalue weighted by atomic mass is 32.1. The predicted molar refractivity (Wildman–Crippen MR) is 105 cm³/mol. The number of hydrogen-bond acceptors (Lipinski definition) is 3. The summed E-state index contributed by atoms with van der Waals surface area (Å²) >= 11 is 1.14. The van der Waals surface area contributed by atoms with Crippen LogP contribution >= 0.6 is 11.3 Å². The number of para-hydroxylation sites is 1. The molecule has 2 amide bonds. The van der Waals surface area contributed by atoms with Crippen LogP contribution in [-0.2, 0) is 4.79 Å². The molecular formula is C21H16F2N2O2S. The number of rotatable bonds is 3. The van der Waals surface area contributed by atoms with Crippen LogP contribution in [0.25, 0.3) is 0 Å². The Kier molecular flexibility index (Phi) is 4.68. The van der Waals surface area contributed by atoms with E-state index in [9.17, 15) is 18.4 Å². The lowest BCUT2D eigenvalue weighted by molar-refractivity contribution is -0.116. The molecule has 0 radical (unpaired) electrons. The van der Waals surface area contributed by atoms with Gasteiger partial charge in [0.15, 0.2) is 0 Å². The summed E-state index contributed by atoms with van der Waals surface area (Å²) in [6.07, 6.45) is -0.00924. The third-order valence-electron chi connectivity index (χ3n) is 4.76. The molecule has 0 aliphatic carbocycles. The monoisotopic (exact) mass is 398 g/mol. The zero-order valence-corrected chi connectivity index (χ0v) is 15.7. The highest BCUT2D eigenvalue weighted by Gasteiger charge is 2.34. The van der Waals surface area contributed by atoms with Crippen LogP contribution < -0.4 is 10.6 Å². The number of nitrogens with one attached hydrogen (secondary N) is 2. The van der Waals surface area contributed by atoms with Crippen molar-refractivity contribution in [3.63, 3.8) is 0 Å². The lowest BCUT2D eigenvalue weighted by Crippen LogP contribution is -2.23. The second-order valence-corrected chi connectivity index (χ2v) is 7.61. The molecule has 1 unspecified atom stereocenters. The van der Waals surface area contributed by atoms with Crippen molar-refractivity contribution in [2.45, 2.75) is 19.3 Å². The van der Waals surface area contributed by atoms with Gasteiger partial charge in [0.1, 0.15) is 11.6 Å². The Balaban J connectivity index is 1.76. The van der Waals surface area contributed by atoms with Crippen molar-refractivity contribution >= 4 is 33.8 Å². The summed E-state index contributed by atoms with van der Waals surface area (Å²) in [5.41, 5.74) is 2.08. The normalized spacial score (nSPS) is 15.7. The van der Waals surface area contributed by atoms with Crippen LogP contribution in [0.1, 0.15) is 38.7 Å². The summed E-state index contributed by atoms with van der Waals surface area (Å²) in [7, 11) is 0. The number of anilines is 2. The van der Waals surface area contributed by atoms with Gasteiger partial charge in [-0.15, -0.1) is 11.3 Å². The third kappa shape index (κ3) is 3.29. The van der Waals surface area contributed by atoms with Gasteiger partial charge in [0.25, 0.3) is 5.91 Å². The first-order chi connectivity index (χ1) is 13.4. The molecule has 0 saturated heterocycles. The molecule has 0 bridgehead atoms. The third-order valence-corrected chi connectivity index (χ3v) is 5.98. The van der Waals surface area contributed by atoms with E-state index in [1.54, 1.807) is 19.1 Å². The molecular weight excluding hydrogens is 382 g/mol. The molecule has 2 N–H and O–H groups in total. The van der Waals surface area contributed by atoms with Crippen LogP contribution in [0, 0.1) is 18.6 Å². The second-order valence-electron chi connectivity index (χ2n) is 6.59. The Morgan fingerprint density at radius 1 is 1.18 bits per heavy atom. The van der Waals surface area contributed by atoms with E-state index in [0.29, 0.717) is 26.7 Å². The summed E-state index contributed by atoms with van der Waals surface area (Å²) in [6.45, 7) is 1.76. The molecule has 142 valence electrons. The highest BCUT2D eigenvalue weighted by molar-refractivity contribution is 7.18. The SMILES string of the molecule is Cc1c(C(=O)Nc2ccccc2)sc2c1C(c1cc(F)ccc1F)CC(=O)N2. The summed E-state index contributed by atoms with van der Waals surface area (Å²) in [6, 6.07) is 12.2. The van der Waals surface area contributed by atoms with Crippen molar-refractivity contribution in [3.05, 3.63) is 81.7 Å². The standard InChI is InChI=1S/C21H16F2N2O2S/c1-11-18-15(14-9-12(22)7-8-16(14)23)10-17(26)25-21(18)28-19(11)20(27)24-13-5-3-2-4-6-13/h2-9,15H,10H2,1H3,(H,24,27)(H,25,26). The molecule has 0 spiro atoms. The van der Waals surface area contributed by atoms with Gasteiger partial charge in [-0.05, 0) is 53.9 Å². The first-order valence-corrected chi connectivity index (χ1v) is 9.50. The van der Waals surface area contributed by atoms with Gasteiger partial charge in [-0.25, -0.2) is 8.78 Å². The van der Waals surface area contributed by atoms with Gasteiger partial charge in [-0.3, -0.25) is 9.59 Å². The molecule has 4 nitrogen and oxygen atoms in total. The van der Waals surface area contributed by atoms with Gasteiger partial charge < -0.3 is 10.6 Å². The van der Waals surface area contributed by atoms with Crippen molar-refractivity contribution in [1.82, 2.24) is 0 Å². The Morgan fingerprint density at radius 2 is 1.93 bits per heavy atom. The second kappa shape index (κ2) is 7.16. The molecule has 7 heteroatoms. The molecule has 2 heterocycles. The quantitative estimate of drug-likeness (QED) is 0.648. The molecule has 3 aromatic rings. The average Bonchev–Trinajstić information content (AvgIpc) is 3.00. The smallest absolute Gasteiger partial charge is 0.266 e. The number of halogens is 2. The Morgan fingerprint density at radius 3 is 2.68 bits per heavy atom. The van der Waals surface area contributed by atoms with Crippen molar-refractivity contribution in [1.29, 1.82) is 0 Å². The minimum Gasteiger partial charge on any atom is -0.321 e. The molecule has 0 saturated carbocycles.